The third-order valence-electron chi connectivity index (χ3n) is 3.37. The number of ether oxygens (including phenoxy) is 1. The van der Waals surface area contributed by atoms with E-state index < -0.39 is 5.60 Å². The second-order valence-electron chi connectivity index (χ2n) is 6.63. The Hall–Kier alpha value is -2.25. The van der Waals surface area contributed by atoms with Crippen molar-refractivity contribution < 1.29 is 18.8 Å². The molecule has 128 valence electrons. The zero-order valence-electron chi connectivity index (χ0n) is 14.0. The van der Waals surface area contributed by atoms with Gasteiger partial charge in [-0.2, -0.15) is 0 Å². The van der Waals surface area contributed by atoms with Gasteiger partial charge < -0.3 is 19.5 Å². The molecule has 1 aromatic rings. The van der Waals surface area contributed by atoms with Crippen LogP contribution < -0.4 is 10.6 Å². The molecule has 0 saturated carbocycles. The average Bonchev–Trinajstić information content (AvgIpc) is 3.03. The predicted molar refractivity (Wildman–Crippen MR) is 84.2 cm³/mol. The van der Waals surface area contributed by atoms with Gasteiger partial charge in [0.25, 0.3) is 0 Å². The van der Waals surface area contributed by atoms with Gasteiger partial charge in [-0.3, -0.25) is 5.32 Å². The van der Waals surface area contributed by atoms with E-state index in [4.69, 9.17) is 9.26 Å². The highest BCUT2D eigenvalue weighted by molar-refractivity contribution is 5.88. The van der Waals surface area contributed by atoms with Crippen LogP contribution in [0.3, 0.4) is 0 Å². The smallest absolute Gasteiger partial charge is 0.410 e. The van der Waals surface area contributed by atoms with E-state index in [1.807, 2.05) is 20.8 Å². The van der Waals surface area contributed by atoms with Crippen molar-refractivity contribution in [2.75, 3.05) is 18.4 Å². The van der Waals surface area contributed by atoms with E-state index in [1.54, 1.807) is 17.9 Å². The van der Waals surface area contributed by atoms with Crippen molar-refractivity contribution in [2.45, 2.75) is 52.2 Å². The second-order valence-corrected chi connectivity index (χ2v) is 6.63. The molecular weight excluding hydrogens is 300 g/mol. The van der Waals surface area contributed by atoms with Crippen molar-refractivity contribution in [1.29, 1.82) is 0 Å². The molecule has 0 bridgehead atoms. The minimum absolute atomic E-state index is 0.0605. The van der Waals surface area contributed by atoms with Gasteiger partial charge >= 0.3 is 12.1 Å². The van der Waals surface area contributed by atoms with Gasteiger partial charge in [-0.05, 0) is 40.5 Å². The van der Waals surface area contributed by atoms with Crippen molar-refractivity contribution >= 4 is 17.9 Å². The van der Waals surface area contributed by atoms with Crippen LogP contribution in [0.1, 0.15) is 39.4 Å². The maximum Gasteiger partial charge on any atom is 0.410 e. The Balaban J connectivity index is 1.81. The highest BCUT2D eigenvalue weighted by atomic mass is 16.6. The maximum absolute atomic E-state index is 12.2. The van der Waals surface area contributed by atoms with E-state index in [-0.39, 0.29) is 18.2 Å². The Morgan fingerprint density at radius 3 is 2.83 bits per heavy atom. The predicted octanol–water partition coefficient (Wildman–Crippen LogP) is 2.50. The summed E-state index contributed by atoms with van der Waals surface area (Å²) >= 11 is 0. The van der Waals surface area contributed by atoms with Crippen molar-refractivity contribution in [1.82, 2.24) is 15.4 Å². The standard InChI is InChI=1S/C15H24N4O4/c1-10-8-12(18-23-10)17-13(20)16-9-11-6-5-7-19(11)14(21)22-15(2,3)4/h8,11H,5-7,9H2,1-4H3,(H2,16,17,18,20). The molecule has 1 aromatic heterocycles. The third kappa shape index (κ3) is 5.15. The Bertz CT molecular complexity index is 564. The molecule has 8 nitrogen and oxygen atoms in total. The van der Waals surface area contributed by atoms with Crippen LogP contribution >= 0.6 is 0 Å². The Kier molecular flexibility index (Phi) is 5.12. The molecule has 2 rings (SSSR count). The van der Waals surface area contributed by atoms with Gasteiger partial charge in [0.1, 0.15) is 11.4 Å². The topological polar surface area (TPSA) is 96.7 Å². The quantitative estimate of drug-likeness (QED) is 0.890. The number of hydrogen-bond acceptors (Lipinski definition) is 5. The molecule has 1 aliphatic heterocycles. The van der Waals surface area contributed by atoms with Gasteiger partial charge in [-0.15, -0.1) is 0 Å². The van der Waals surface area contributed by atoms with E-state index in [2.05, 4.69) is 15.8 Å². The normalized spacial score (nSPS) is 17.9. The number of urea groups is 1. The Morgan fingerprint density at radius 1 is 1.48 bits per heavy atom. The highest BCUT2D eigenvalue weighted by Crippen LogP contribution is 2.20. The lowest BCUT2D eigenvalue weighted by Gasteiger charge is -2.28. The molecular formula is C15H24N4O4. The lowest BCUT2D eigenvalue weighted by molar-refractivity contribution is 0.0228. The zero-order valence-corrected chi connectivity index (χ0v) is 14.0. The number of rotatable bonds is 3. The van der Waals surface area contributed by atoms with Crippen LogP contribution in [0, 0.1) is 6.92 Å². The summed E-state index contributed by atoms with van der Waals surface area (Å²) in [4.78, 5) is 25.7. The fraction of sp³-hybridized carbons (Fsp3) is 0.667. The highest BCUT2D eigenvalue weighted by Gasteiger charge is 2.32. The molecule has 1 fully saturated rings. The summed E-state index contributed by atoms with van der Waals surface area (Å²) in [5.41, 5.74) is -0.528. The van der Waals surface area contributed by atoms with Crippen molar-refractivity contribution in [3.05, 3.63) is 11.8 Å². The number of nitrogens with one attached hydrogen (secondary N) is 2. The van der Waals surface area contributed by atoms with E-state index in [0.717, 1.165) is 12.8 Å². The second kappa shape index (κ2) is 6.89. The van der Waals surface area contributed by atoms with Crippen molar-refractivity contribution in [2.24, 2.45) is 0 Å². The van der Waals surface area contributed by atoms with Crippen LogP contribution in [0.4, 0.5) is 15.4 Å². The van der Waals surface area contributed by atoms with Gasteiger partial charge in [-0.25, -0.2) is 9.59 Å². The van der Waals surface area contributed by atoms with Crippen LogP contribution in [0.5, 0.6) is 0 Å². The number of aromatic nitrogens is 1. The molecule has 2 N–H and O–H groups in total. The molecule has 1 atom stereocenters. The number of nitrogens with zero attached hydrogens (tertiary/aromatic N) is 2. The summed E-state index contributed by atoms with van der Waals surface area (Å²) in [7, 11) is 0. The number of likely N-dealkylation sites (tertiary alicyclic amines) is 1. The van der Waals surface area contributed by atoms with Gasteiger partial charge in [0.2, 0.25) is 0 Å². The Morgan fingerprint density at radius 2 is 2.22 bits per heavy atom. The number of hydrogen-bond donors (Lipinski definition) is 2. The SMILES string of the molecule is Cc1cc(NC(=O)NCC2CCCN2C(=O)OC(C)(C)C)no1. The number of anilines is 1. The molecule has 0 radical (unpaired) electrons. The summed E-state index contributed by atoms with van der Waals surface area (Å²) in [6.45, 7) is 8.26. The molecule has 3 amide bonds. The molecule has 1 aliphatic rings. The molecule has 0 aromatic carbocycles. The lowest BCUT2D eigenvalue weighted by Crippen LogP contribution is -2.45. The fourth-order valence-electron chi connectivity index (χ4n) is 2.41. The minimum atomic E-state index is -0.528. The Labute approximate surface area is 135 Å². The lowest BCUT2D eigenvalue weighted by atomic mass is 10.2. The minimum Gasteiger partial charge on any atom is -0.444 e. The molecule has 0 aliphatic carbocycles. The molecule has 1 saturated heterocycles. The number of aryl methyl sites for hydroxylation is 1. The first-order chi connectivity index (χ1) is 10.7. The van der Waals surface area contributed by atoms with E-state index in [1.165, 1.54) is 0 Å². The van der Waals surface area contributed by atoms with Gasteiger partial charge in [0.05, 0.1) is 6.04 Å². The van der Waals surface area contributed by atoms with E-state index in [0.29, 0.717) is 24.7 Å². The molecule has 0 spiro atoms. The fourth-order valence-corrected chi connectivity index (χ4v) is 2.41. The van der Waals surface area contributed by atoms with Gasteiger partial charge in [0.15, 0.2) is 5.82 Å². The van der Waals surface area contributed by atoms with Gasteiger partial charge in [0, 0.05) is 19.2 Å². The molecule has 8 heteroatoms. The van der Waals surface area contributed by atoms with Crippen molar-refractivity contribution in [3.8, 4) is 0 Å². The van der Waals surface area contributed by atoms with Crippen molar-refractivity contribution in [3.63, 3.8) is 0 Å². The third-order valence-corrected chi connectivity index (χ3v) is 3.37. The maximum atomic E-state index is 12.2. The van der Waals surface area contributed by atoms with Crippen LogP contribution in [0.15, 0.2) is 10.6 Å². The monoisotopic (exact) mass is 324 g/mol. The summed E-state index contributed by atoms with van der Waals surface area (Å²) in [5.74, 6) is 0.975. The summed E-state index contributed by atoms with van der Waals surface area (Å²) < 4.78 is 10.3. The van der Waals surface area contributed by atoms with Gasteiger partial charge in [-0.1, -0.05) is 5.16 Å². The average molecular weight is 324 g/mol. The number of carbonyl (C=O) groups is 2. The molecule has 23 heavy (non-hydrogen) atoms. The molecule has 2 heterocycles. The van der Waals surface area contributed by atoms with Crippen LogP contribution in [-0.2, 0) is 4.74 Å². The van der Waals surface area contributed by atoms with E-state index >= 15 is 0 Å². The zero-order chi connectivity index (χ0) is 17.0. The first-order valence-electron chi connectivity index (χ1n) is 7.72. The first-order valence-corrected chi connectivity index (χ1v) is 7.72. The summed E-state index contributed by atoms with van der Waals surface area (Å²) in [5, 5.41) is 9.02. The van der Waals surface area contributed by atoms with Crippen LogP contribution in [0.25, 0.3) is 0 Å². The number of carbonyl (C=O) groups excluding carboxylic acids is 2. The van der Waals surface area contributed by atoms with Crippen LogP contribution in [-0.4, -0.2) is 46.9 Å². The van der Waals surface area contributed by atoms with Crippen LogP contribution in [0.2, 0.25) is 0 Å². The summed E-state index contributed by atoms with van der Waals surface area (Å²) in [6.07, 6.45) is 1.40. The largest absolute Gasteiger partial charge is 0.444 e. The first kappa shape index (κ1) is 17.1. The summed E-state index contributed by atoms with van der Waals surface area (Å²) in [6, 6.07) is 1.19. The van der Waals surface area contributed by atoms with E-state index in [9.17, 15) is 9.59 Å². The molecule has 1 unspecified atom stereocenters. The number of amides is 3.